The summed E-state index contributed by atoms with van der Waals surface area (Å²) in [5.41, 5.74) is 6.08. The number of rotatable bonds is 6. The predicted molar refractivity (Wildman–Crippen MR) is 65.1 cm³/mol. The largest absolute Gasteiger partial charge is 0.478 e. The van der Waals surface area contributed by atoms with Gasteiger partial charge in [0.1, 0.15) is 12.4 Å². The van der Waals surface area contributed by atoms with Gasteiger partial charge >= 0.3 is 0 Å². The van der Waals surface area contributed by atoms with Gasteiger partial charge in [0, 0.05) is 17.6 Å². The van der Waals surface area contributed by atoms with Gasteiger partial charge in [-0.25, -0.2) is 4.39 Å². The molecule has 88 valence electrons. The zero-order valence-corrected chi connectivity index (χ0v) is 10.4. The first-order valence-corrected chi connectivity index (χ1v) is 5.62. The fourth-order valence-corrected chi connectivity index (χ4v) is 1.49. The molecular formula is C11H14BrFN2O. The molecule has 0 radical (unpaired) electrons. The summed E-state index contributed by atoms with van der Waals surface area (Å²) in [5, 5.41) is 2.93. The Morgan fingerprint density at radius 3 is 3.00 bits per heavy atom. The van der Waals surface area contributed by atoms with Crippen LogP contribution in [0.5, 0.6) is 0 Å². The van der Waals surface area contributed by atoms with Crippen LogP contribution in [0.1, 0.15) is 5.56 Å². The maximum atomic E-state index is 13.0. The van der Waals surface area contributed by atoms with Gasteiger partial charge in [-0.05, 0) is 30.3 Å². The molecule has 1 aromatic rings. The monoisotopic (exact) mass is 288 g/mol. The molecule has 0 aliphatic heterocycles. The highest BCUT2D eigenvalue weighted by Crippen LogP contribution is 2.17. The summed E-state index contributed by atoms with van der Waals surface area (Å²) in [6.45, 7) is 4.96. The fraction of sp³-hybridized carbons (Fsp3) is 0.273. The SMILES string of the molecule is C=C(NCc1cc(F)ccc1Br)OCCN. The van der Waals surface area contributed by atoms with Gasteiger partial charge in [0.2, 0.25) is 0 Å². The van der Waals surface area contributed by atoms with Crippen molar-refractivity contribution in [1.82, 2.24) is 5.32 Å². The molecule has 1 aromatic carbocycles. The van der Waals surface area contributed by atoms with Crippen molar-refractivity contribution in [3.63, 3.8) is 0 Å². The Hall–Kier alpha value is -1.07. The number of hydrogen-bond donors (Lipinski definition) is 2. The summed E-state index contributed by atoms with van der Waals surface area (Å²) in [6.07, 6.45) is 0. The third kappa shape index (κ3) is 4.20. The lowest BCUT2D eigenvalue weighted by atomic mass is 10.2. The van der Waals surface area contributed by atoms with E-state index in [-0.39, 0.29) is 5.82 Å². The maximum absolute atomic E-state index is 13.0. The van der Waals surface area contributed by atoms with Crippen LogP contribution < -0.4 is 11.1 Å². The second kappa shape index (κ2) is 6.50. The first-order chi connectivity index (χ1) is 7.63. The van der Waals surface area contributed by atoms with E-state index in [0.717, 1.165) is 10.0 Å². The fourth-order valence-electron chi connectivity index (χ4n) is 1.11. The molecule has 0 bridgehead atoms. The molecule has 0 aromatic heterocycles. The van der Waals surface area contributed by atoms with Crippen molar-refractivity contribution in [2.75, 3.05) is 13.2 Å². The van der Waals surface area contributed by atoms with Gasteiger partial charge in [-0.2, -0.15) is 0 Å². The van der Waals surface area contributed by atoms with Crippen molar-refractivity contribution in [3.05, 3.63) is 46.5 Å². The number of nitrogens with one attached hydrogen (secondary N) is 1. The summed E-state index contributed by atoms with van der Waals surface area (Å²) in [4.78, 5) is 0. The molecule has 16 heavy (non-hydrogen) atoms. The Labute approximate surface area is 103 Å². The maximum Gasteiger partial charge on any atom is 0.179 e. The smallest absolute Gasteiger partial charge is 0.179 e. The lowest BCUT2D eigenvalue weighted by Gasteiger charge is -2.11. The Kier molecular flexibility index (Phi) is 5.28. The van der Waals surface area contributed by atoms with Crippen molar-refractivity contribution < 1.29 is 9.13 Å². The van der Waals surface area contributed by atoms with Gasteiger partial charge in [0.15, 0.2) is 5.88 Å². The van der Waals surface area contributed by atoms with Gasteiger partial charge < -0.3 is 15.8 Å². The molecule has 3 N–H and O–H groups in total. The minimum absolute atomic E-state index is 0.270. The minimum Gasteiger partial charge on any atom is -0.478 e. The number of benzene rings is 1. The van der Waals surface area contributed by atoms with Crippen LogP contribution in [0.4, 0.5) is 4.39 Å². The Balaban J connectivity index is 2.47. The second-order valence-corrected chi connectivity index (χ2v) is 4.00. The number of nitrogens with two attached hydrogens (primary N) is 1. The van der Waals surface area contributed by atoms with Crippen molar-refractivity contribution in [1.29, 1.82) is 0 Å². The van der Waals surface area contributed by atoms with Crippen LogP contribution in [0.15, 0.2) is 35.1 Å². The van der Waals surface area contributed by atoms with Crippen LogP contribution in [0.3, 0.4) is 0 Å². The summed E-state index contributed by atoms with van der Waals surface area (Å²) in [7, 11) is 0. The zero-order valence-electron chi connectivity index (χ0n) is 8.80. The zero-order chi connectivity index (χ0) is 12.0. The number of ether oxygens (including phenoxy) is 1. The highest BCUT2D eigenvalue weighted by Gasteiger charge is 2.02. The molecule has 0 saturated carbocycles. The van der Waals surface area contributed by atoms with Crippen LogP contribution in [-0.4, -0.2) is 13.2 Å². The first-order valence-electron chi connectivity index (χ1n) is 4.83. The van der Waals surface area contributed by atoms with E-state index in [1.54, 1.807) is 6.07 Å². The van der Waals surface area contributed by atoms with Crippen LogP contribution >= 0.6 is 15.9 Å². The lowest BCUT2D eigenvalue weighted by Crippen LogP contribution is -2.18. The Morgan fingerprint density at radius 1 is 1.56 bits per heavy atom. The van der Waals surface area contributed by atoms with E-state index in [1.165, 1.54) is 12.1 Å². The third-order valence-corrected chi connectivity index (χ3v) is 2.65. The number of halogens is 2. The van der Waals surface area contributed by atoms with Crippen LogP contribution in [0.2, 0.25) is 0 Å². The second-order valence-electron chi connectivity index (χ2n) is 3.15. The highest BCUT2D eigenvalue weighted by molar-refractivity contribution is 9.10. The summed E-state index contributed by atoms with van der Waals surface area (Å²) >= 11 is 3.34. The average Bonchev–Trinajstić information content (AvgIpc) is 2.27. The lowest BCUT2D eigenvalue weighted by molar-refractivity contribution is 0.199. The predicted octanol–water partition coefficient (Wildman–Crippen LogP) is 2.12. The van der Waals surface area contributed by atoms with Crippen LogP contribution in [-0.2, 0) is 11.3 Å². The molecular weight excluding hydrogens is 275 g/mol. The molecule has 0 heterocycles. The van der Waals surface area contributed by atoms with Gasteiger partial charge in [-0.3, -0.25) is 0 Å². The highest BCUT2D eigenvalue weighted by atomic mass is 79.9. The van der Waals surface area contributed by atoms with Crippen molar-refractivity contribution in [2.45, 2.75) is 6.54 Å². The third-order valence-electron chi connectivity index (χ3n) is 1.88. The van der Waals surface area contributed by atoms with E-state index < -0.39 is 0 Å². The van der Waals surface area contributed by atoms with E-state index in [9.17, 15) is 4.39 Å². The van der Waals surface area contributed by atoms with Crippen LogP contribution in [0.25, 0.3) is 0 Å². The molecule has 0 fully saturated rings. The van der Waals surface area contributed by atoms with E-state index in [1.807, 2.05) is 0 Å². The average molecular weight is 289 g/mol. The standard InChI is InChI=1S/C11H14BrFN2O/c1-8(16-5-4-14)15-7-9-6-10(13)2-3-11(9)12/h2-3,6,15H,1,4-5,7,14H2. The topological polar surface area (TPSA) is 47.3 Å². The normalized spacial score (nSPS) is 9.94. The molecule has 1 rings (SSSR count). The van der Waals surface area contributed by atoms with Crippen LogP contribution in [0, 0.1) is 5.82 Å². The van der Waals surface area contributed by atoms with E-state index in [2.05, 4.69) is 27.8 Å². The summed E-state index contributed by atoms with van der Waals surface area (Å²) in [6, 6.07) is 4.51. The Morgan fingerprint density at radius 2 is 2.31 bits per heavy atom. The molecule has 3 nitrogen and oxygen atoms in total. The van der Waals surface area contributed by atoms with Gasteiger partial charge in [-0.1, -0.05) is 15.9 Å². The molecule has 0 unspecified atom stereocenters. The van der Waals surface area contributed by atoms with Crippen molar-refractivity contribution in [3.8, 4) is 0 Å². The Bertz CT molecular complexity index is 371. The summed E-state index contributed by atoms with van der Waals surface area (Å²) < 4.78 is 18.9. The molecule has 0 saturated heterocycles. The molecule has 0 spiro atoms. The van der Waals surface area contributed by atoms with Crippen molar-refractivity contribution >= 4 is 15.9 Å². The number of hydrogen-bond acceptors (Lipinski definition) is 3. The van der Waals surface area contributed by atoms with Gasteiger partial charge in [0.05, 0.1) is 0 Å². The molecule has 0 aliphatic rings. The minimum atomic E-state index is -0.270. The molecule has 5 heteroatoms. The van der Waals surface area contributed by atoms with E-state index in [4.69, 9.17) is 10.5 Å². The molecule has 0 aliphatic carbocycles. The molecule has 0 atom stereocenters. The first kappa shape index (κ1) is 13.0. The van der Waals surface area contributed by atoms with Gasteiger partial charge in [-0.15, -0.1) is 0 Å². The quantitative estimate of drug-likeness (QED) is 0.789. The van der Waals surface area contributed by atoms with Crippen molar-refractivity contribution in [2.24, 2.45) is 5.73 Å². The molecule has 0 amide bonds. The summed E-state index contributed by atoms with van der Waals surface area (Å²) in [5.74, 6) is 0.162. The van der Waals surface area contributed by atoms with Gasteiger partial charge in [0.25, 0.3) is 0 Å². The van der Waals surface area contributed by atoms with E-state index >= 15 is 0 Å². The van der Waals surface area contributed by atoms with E-state index in [0.29, 0.717) is 25.6 Å².